The molecule has 0 heterocycles. The highest BCUT2D eigenvalue weighted by molar-refractivity contribution is 9.10. The van der Waals surface area contributed by atoms with E-state index in [1.165, 1.54) is 7.11 Å². The zero-order valence-electron chi connectivity index (χ0n) is 9.03. The first-order chi connectivity index (χ1) is 7.47. The zero-order valence-corrected chi connectivity index (χ0v) is 10.6. The van der Waals surface area contributed by atoms with E-state index < -0.39 is 11.9 Å². The Morgan fingerprint density at radius 3 is 2.69 bits per heavy atom. The van der Waals surface area contributed by atoms with Crippen LogP contribution in [0.4, 0.5) is 0 Å². The van der Waals surface area contributed by atoms with Gasteiger partial charge in [-0.3, -0.25) is 4.79 Å². The van der Waals surface area contributed by atoms with Crippen molar-refractivity contribution in [3.05, 3.63) is 22.2 Å². The van der Waals surface area contributed by atoms with Gasteiger partial charge in [0.1, 0.15) is 0 Å². The Kier molecular flexibility index (Phi) is 4.18. The van der Waals surface area contributed by atoms with Gasteiger partial charge >= 0.3 is 5.97 Å². The molecule has 1 atom stereocenters. The molecule has 1 rings (SSSR count). The first-order valence-corrected chi connectivity index (χ1v) is 5.53. The third-order valence-electron chi connectivity index (χ3n) is 2.34. The van der Waals surface area contributed by atoms with Gasteiger partial charge in [0.05, 0.1) is 13.0 Å². The van der Waals surface area contributed by atoms with Crippen molar-refractivity contribution in [3.8, 4) is 11.5 Å². The number of ether oxygens (including phenoxy) is 1. The summed E-state index contributed by atoms with van der Waals surface area (Å²) >= 11 is 3.28. The fraction of sp³-hybridized carbons (Fsp3) is 0.364. The molecule has 0 aromatic heterocycles. The number of halogens is 1. The maximum absolute atomic E-state index is 10.8. The number of carboxylic acid groups (broad SMARTS) is 1. The van der Waals surface area contributed by atoms with E-state index in [4.69, 9.17) is 9.84 Å². The number of methoxy groups -OCH3 is 1. The molecule has 0 aliphatic heterocycles. The average molecular weight is 289 g/mol. The lowest BCUT2D eigenvalue weighted by atomic mass is 10.0. The van der Waals surface area contributed by atoms with E-state index in [0.29, 0.717) is 15.8 Å². The van der Waals surface area contributed by atoms with Crippen LogP contribution < -0.4 is 4.74 Å². The van der Waals surface area contributed by atoms with Gasteiger partial charge in [0.25, 0.3) is 0 Å². The second-order valence-electron chi connectivity index (χ2n) is 3.52. The van der Waals surface area contributed by atoms with E-state index in [0.717, 1.165) is 0 Å². The topological polar surface area (TPSA) is 66.8 Å². The normalized spacial score (nSPS) is 12.2. The summed E-state index contributed by atoms with van der Waals surface area (Å²) in [5, 5.41) is 18.7. The molecule has 88 valence electrons. The monoisotopic (exact) mass is 288 g/mol. The molecule has 0 aliphatic rings. The first-order valence-electron chi connectivity index (χ1n) is 4.74. The Morgan fingerprint density at radius 1 is 1.56 bits per heavy atom. The van der Waals surface area contributed by atoms with Crippen LogP contribution in [0.5, 0.6) is 11.5 Å². The molecule has 1 aromatic carbocycles. The molecule has 0 bridgehead atoms. The molecule has 0 saturated heterocycles. The lowest BCUT2D eigenvalue weighted by Gasteiger charge is -2.12. The van der Waals surface area contributed by atoms with Gasteiger partial charge in [0.2, 0.25) is 0 Å². The van der Waals surface area contributed by atoms with Crippen LogP contribution in [0.1, 0.15) is 12.5 Å². The predicted octanol–water partition coefficient (Wildman–Crippen LogP) is 2.43. The highest BCUT2D eigenvalue weighted by Crippen LogP contribution is 2.36. The number of aliphatic carboxylic acids is 1. The quantitative estimate of drug-likeness (QED) is 0.893. The molecule has 0 aliphatic carbocycles. The van der Waals surface area contributed by atoms with Crippen LogP contribution in [-0.4, -0.2) is 23.3 Å². The van der Waals surface area contributed by atoms with Crippen LogP contribution in [0, 0.1) is 5.92 Å². The molecular weight excluding hydrogens is 276 g/mol. The molecule has 0 saturated carbocycles. The lowest BCUT2D eigenvalue weighted by Crippen LogP contribution is -2.12. The van der Waals surface area contributed by atoms with E-state index in [9.17, 15) is 9.90 Å². The van der Waals surface area contributed by atoms with Crippen LogP contribution in [-0.2, 0) is 11.2 Å². The van der Waals surface area contributed by atoms with Crippen LogP contribution in [0.15, 0.2) is 16.6 Å². The summed E-state index contributed by atoms with van der Waals surface area (Å²) in [7, 11) is 1.45. The maximum atomic E-state index is 10.8. The van der Waals surface area contributed by atoms with Crippen LogP contribution in [0.2, 0.25) is 0 Å². The second-order valence-corrected chi connectivity index (χ2v) is 4.37. The van der Waals surface area contributed by atoms with Gasteiger partial charge in [-0.1, -0.05) is 22.9 Å². The summed E-state index contributed by atoms with van der Waals surface area (Å²) in [4.78, 5) is 10.8. The van der Waals surface area contributed by atoms with E-state index >= 15 is 0 Å². The summed E-state index contributed by atoms with van der Waals surface area (Å²) in [6.45, 7) is 1.59. The third-order valence-corrected chi connectivity index (χ3v) is 3.08. The second kappa shape index (κ2) is 5.21. The van der Waals surface area contributed by atoms with Crippen molar-refractivity contribution < 1.29 is 19.7 Å². The Balaban J connectivity index is 3.07. The zero-order chi connectivity index (χ0) is 12.3. The van der Waals surface area contributed by atoms with Gasteiger partial charge in [-0.2, -0.15) is 0 Å². The molecule has 0 fully saturated rings. The molecule has 2 N–H and O–H groups in total. The van der Waals surface area contributed by atoms with Crippen molar-refractivity contribution in [1.29, 1.82) is 0 Å². The molecule has 0 radical (unpaired) electrons. The highest BCUT2D eigenvalue weighted by atomic mass is 79.9. The van der Waals surface area contributed by atoms with Crippen molar-refractivity contribution in [2.24, 2.45) is 5.92 Å². The van der Waals surface area contributed by atoms with Crippen molar-refractivity contribution >= 4 is 21.9 Å². The molecule has 0 spiro atoms. The number of aromatic hydroxyl groups is 1. The van der Waals surface area contributed by atoms with Crippen LogP contribution >= 0.6 is 15.9 Å². The van der Waals surface area contributed by atoms with Gasteiger partial charge < -0.3 is 14.9 Å². The van der Waals surface area contributed by atoms with Gasteiger partial charge in [-0.05, 0) is 18.6 Å². The number of hydrogen-bond acceptors (Lipinski definition) is 3. The van der Waals surface area contributed by atoms with Gasteiger partial charge in [0, 0.05) is 10.0 Å². The SMILES string of the molecule is COc1ccc(Br)c(CC(C)C(=O)O)c1O. The fourth-order valence-electron chi connectivity index (χ4n) is 1.34. The Hall–Kier alpha value is -1.23. The molecule has 1 aromatic rings. The van der Waals surface area contributed by atoms with Gasteiger partial charge in [0.15, 0.2) is 11.5 Å². The summed E-state index contributed by atoms with van der Waals surface area (Å²) in [5.74, 6) is -1.12. The number of hydrogen-bond donors (Lipinski definition) is 2. The van der Waals surface area contributed by atoms with E-state index in [2.05, 4.69) is 15.9 Å². The Labute approximate surface area is 102 Å². The number of phenols is 1. The van der Waals surface area contributed by atoms with E-state index in [1.807, 2.05) is 0 Å². The summed E-state index contributed by atoms with van der Waals surface area (Å²) in [6, 6.07) is 3.34. The van der Waals surface area contributed by atoms with Crippen molar-refractivity contribution in [2.75, 3.05) is 7.11 Å². The Morgan fingerprint density at radius 2 is 2.19 bits per heavy atom. The minimum atomic E-state index is -0.894. The first kappa shape index (κ1) is 12.8. The summed E-state index contributed by atoms with van der Waals surface area (Å²) in [5.41, 5.74) is 0.550. The minimum absolute atomic E-state index is 0.00928. The fourth-order valence-corrected chi connectivity index (χ4v) is 1.82. The Bertz CT molecular complexity index is 403. The molecule has 0 amide bonds. The number of benzene rings is 1. The number of phenolic OH excluding ortho intramolecular Hbond substituents is 1. The standard InChI is InChI=1S/C11H13BrO4/c1-6(11(14)15)5-7-8(12)3-4-9(16-2)10(7)13/h3-4,6,13H,5H2,1-2H3,(H,14,15). The van der Waals surface area contributed by atoms with Gasteiger partial charge in [-0.25, -0.2) is 0 Å². The van der Waals surface area contributed by atoms with Crippen LogP contribution in [0.25, 0.3) is 0 Å². The minimum Gasteiger partial charge on any atom is -0.504 e. The van der Waals surface area contributed by atoms with Gasteiger partial charge in [-0.15, -0.1) is 0 Å². The molecule has 4 nitrogen and oxygen atoms in total. The van der Waals surface area contributed by atoms with Crippen LogP contribution in [0.3, 0.4) is 0 Å². The third kappa shape index (κ3) is 2.66. The number of rotatable bonds is 4. The van der Waals surface area contributed by atoms with Crippen molar-refractivity contribution in [3.63, 3.8) is 0 Å². The lowest BCUT2D eigenvalue weighted by molar-refractivity contribution is -0.141. The number of carbonyl (C=O) groups is 1. The highest BCUT2D eigenvalue weighted by Gasteiger charge is 2.18. The number of carboxylic acids is 1. The predicted molar refractivity (Wildman–Crippen MR) is 62.9 cm³/mol. The average Bonchev–Trinajstić information content (AvgIpc) is 2.24. The summed E-state index contributed by atoms with van der Waals surface area (Å²) in [6.07, 6.45) is 0.249. The molecule has 5 heteroatoms. The molecule has 1 unspecified atom stereocenters. The molecular formula is C11H13BrO4. The van der Waals surface area contributed by atoms with Crippen molar-refractivity contribution in [2.45, 2.75) is 13.3 Å². The summed E-state index contributed by atoms with van der Waals surface area (Å²) < 4.78 is 5.64. The largest absolute Gasteiger partial charge is 0.504 e. The smallest absolute Gasteiger partial charge is 0.306 e. The molecule has 16 heavy (non-hydrogen) atoms. The maximum Gasteiger partial charge on any atom is 0.306 e. The van der Waals surface area contributed by atoms with E-state index in [1.54, 1.807) is 19.1 Å². The van der Waals surface area contributed by atoms with E-state index in [-0.39, 0.29) is 12.2 Å². The van der Waals surface area contributed by atoms with Crippen molar-refractivity contribution in [1.82, 2.24) is 0 Å².